The zero-order valence-corrected chi connectivity index (χ0v) is 13.3. The first-order chi connectivity index (χ1) is 9.29. The van der Waals surface area contributed by atoms with E-state index in [1.807, 2.05) is 0 Å². The van der Waals surface area contributed by atoms with Crippen LogP contribution in [0.1, 0.15) is 84.5 Å². The van der Waals surface area contributed by atoms with Gasteiger partial charge in [0, 0.05) is 6.04 Å². The van der Waals surface area contributed by atoms with E-state index in [1.165, 1.54) is 77.2 Å². The monoisotopic (exact) mass is 265 g/mol. The van der Waals surface area contributed by atoms with Gasteiger partial charge in [-0.15, -0.1) is 0 Å². The molecule has 112 valence electrons. The van der Waals surface area contributed by atoms with E-state index in [4.69, 9.17) is 0 Å². The fraction of sp³-hybridized carbons (Fsp3) is 1.00. The van der Waals surface area contributed by atoms with Crippen LogP contribution in [0.2, 0.25) is 0 Å². The Labute approximate surface area is 120 Å². The van der Waals surface area contributed by atoms with Crippen LogP contribution in [0.25, 0.3) is 0 Å². The third kappa shape index (κ3) is 5.10. The van der Waals surface area contributed by atoms with Crippen LogP contribution < -0.4 is 5.32 Å². The maximum Gasteiger partial charge on any atom is 0.00955 e. The highest BCUT2D eigenvalue weighted by Crippen LogP contribution is 2.34. The molecular formula is C18H35N. The number of hydrogen-bond acceptors (Lipinski definition) is 1. The average Bonchev–Trinajstić information content (AvgIpc) is 2.92. The summed E-state index contributed by atoms with van der Waals surface area (Å²) in [5.74, 6) is 3.00. The number of nitrogens with one attached hydrogen (secondary N) is 1. The van der Waals surface area contributed by atoms with Crippen molar-refractivity contribution in [1.29, 1.82) is 0 Å². The van der Waals surface area contributed by atoms with Crippen LogP contribution >= 0.6 is 0 Å². The van der Waals surface area contributed by atoms with Gasteiger partial charge < -0.3 is 5.32 Å². The highest BCUT2D eigenvalue weighted by Gasteiger charge is 2.27. The normalized spacial score (nSPS) is 30.6. The summed E-state index contributed by atoms with van der Waals surface area (Å²) in [6.07, 6.45) is 16.2. The van der Waals surface area contributed by atoms with Crippen molar-refractivity contribution in [1.82, 2.24) is 5.32 Å². The van der Waals surface area contributed by atoms with Gasteiger partial charge in [0.25, 0.3) is 0 Å². The molecule has 2 aliphatic rings. The third-order valence-corrected chi connectivity index (χ3v) is 5.56. The van der Waals surface area contributed by atoms with Crippen molar-refractivity contribution in [2.24, 2.45) is 17.8 Å². The SMILES string of the molecule is CCCNC(CCC1CCCC1)C1CCCC(C)C1. The molecule has 3 atom stereocenters. The van der Waals surface area contributed by atoms with Crippen LogP contribution in [0, 0.1) is 17.8 Å². The Hall–Kier alpha value is -0.0400. The molecule has 19 heavy (non-hydrogen) atoms. The Kier molecular flexibility index (Phi) is 6.70. The highest BCUT2D eigenvalue weighted by molar-refractivity contribution is 4.82. The Balaban J connectivity index is 1.79. The van der Waals surface area contributed by atoms with Crippen LogP contribution in [0.15, 0.2) is 0 Å². The van der Waals surface area contributed by atoms with Crippen LogP contribution in [0.3, 0.4) is 0 Å². The van der Waals surface area contributed by atoms with Gasteiger partial charge in [0.1, 0.15) is 0 Å². The van der Waals surface area contributed by atoms with Crippen molar-refractivity contribution in [2.45, 2.75) is 90.5 Å². The standard InChI is InChI=1S/C18H35N/c1-3-13-19-18(12-11-16-8-4-5-9-16)17-10-6-7-15(2)14-17/h15-19H,3-14H2,1-2H3. The maximum absolute atomic E-state index is 3.88. The van der Waals surface area contributed by atoms with Gasteiger partial charge in [-0.05, 0) is 56.4 Å². The summed E-state index contributed by atoms with van der Waals surface area (Å²) in [5, 5.41) is 3.88. The zero-order valence-electron chi connectivity index (χ0n) is 13.3. The fourth-order valence-electron chi connectivity index (χ4n) is 4.39. The van der Waals surface area contributed by atoms with E-state index < -0.39 is 0 Å². The molecule has 2 rings (SSSR count). The van der Waals surface area contributed by atoms with E-state index in [-0.39, 0.29) is 0 Å². The van der Waals surface area contributed by atoms with Crippen molar-refractivity contribution in [3.63, 3.8) is 0 Å². The average molecular weight is 265 g/mol. The van der Waals surface area contributed by atoms with Crippen molar-refractivity contribution in [3.8, 4) is 0 Å². The molecule has 0 saturated heterocycles. The molecule has 1 heteroatoms. The third-order valence-electron chi connectivity index (χ3n) is 5.56. The van der Waals surface area contributed by atoms with E-state index in [9.17, 15) is 0 Å². The van der Waals surface area contributed by atoms with E-state index in [1.54, 1.807) is 0 Å². The van der Waals surface area contributed by atoms with Gasteiger partial charge in [-0.3, -0.25) is 0 Å². The first-order valence-corrected chi connectivity index (χ1v) is 9.03. The molecule has 0 heterocycles. The molecule has 1 nitrogen and oxygen atoms in total. The minimum Gasteiger partial charge on any atom is -0.314 e. The molecule has 1 N–H and O–H groups in total. The smallest absolute Gasteiger partial charge is 0.00955 e. The Morgan fingerprint density at radius 3 is 2.53 bits per heavy atom. The Morgan fingerprint density at radius 1 is 1.05 bits per heavy atom. The summed E-state index contributed by atoms with van der Waals surface area (Å²) in [7, 11) is 0. The Bertz CT molecular complexity index is 232. The molecule has 2 aliphatic carbocycles. The molecule has 0 aromatic carbocycles. The van der Waals surface area contributed by atoms with Gasteiger partial charge >= 0.3 is 0 Å². The molecule has 0 aromatic heterocycles. The molecule has 3 unspecified atom stereocenters. The van der Waals surface area contributed by atoms with Crippen LogP contribution in [-0.2, 0) is 0 Å². The van der Waals surface area contributed by atoms with Gasteiger partial charge in [0.2, 0.25) is 0 Å². The summed E-state index contributed by atoms with van der Waals surface area (Å²) in [5.41, 5.74) is 0. The first-order valence-electron chi connectivity index (χ1n) is 9.03. The van der Waals surface area contributed by atoms with Crippen molar-refractivity contribution in [2.75, 3.05) is 6.54 Å². The number of hydrogen-bond donors (Lipinski definition) is 1. The van der Waals surface area contributed by atoms with Gasteiger partial charge in [-0.1, -0.05) is 52.4 Å². The van der Waals surface area contributed by atoms with Gasteiger partial charge in [0.05, 0.1) is 0 Å². The molecule has 0 aromatic rings. The van der Waals surface area contributed by atoms with E-state index in [0.29, 0.717) is 0 Å². The number of rotatable bonds is 7. The molecule has 2 fully saturated rings. The van der Waals surface area contributed by atoms with Crippen LogP contribution in [0.5, 0.6) is 0 Å². The second kappa shape index (κ2) is 8.29. The van der Waals surface area contributed by atoms with Crippen molar-refractivity contribution in [3.05, 3.63) is 0 Å². The largest absolute Gasteiger partial charge is 0.314 e. The molecule has 0 spiro atoms. The lowest BCUT2D eigenvalue weighted by Crippen LogP contribution is -2.39. The molecular weight excluding hydrogens is 230 g/mol. The summed E-state index contributed by atoms with van der Waals surface area (Å²) >= 11 is 0. The molecule has 2 saturated carbocycles. The predicted molar refractivity (Wildman–Crippen MR) is 84.4 cm³/mol. The van der Waals surface area contributed by atoms with Crippen molar-refractivity contribution >= 4 is 0 Å². The van der Waals surface area contributed by atoms with Crippen molar-refractivity contribution < 1.29 is 0 Å². The van der Waals surface area contributed by atoms with E-state index in [2.05, 4.69) is 19.2 Å². The fourth-order valence-corrected chi connectivity index (χ4v) is 4.39. The lowest BCUT2D eigenvalue weighted by molar-refractivity contribution is 0.207. The second-order valence-electron chi connectivity index (χ2n) is 7.32. The highest BCUT2D eigenvalue weighted by atomic mass is 14.9. The van der Waals surface area contributed by atoms with E-state index in [0.717, 1.165) is 23.8 Å². The summed E-state index contributed by atoms with van der Waals surface area (Å²) in [6, 6.07) is 0.822. The summed E-state index contributed by atoms with van der Waals surface area (Å²) in [4.78, 5) is 0. The predicted octanol–water partition coefficient (Wildman–Crippen LogP) is 5.15. The van der Waals surface area contributed by atoms with E-state index >= 15 is 0 Å². The molecule has 0 radical (unpaired) electrons. The zero-order chi connectivity index (χ0) is 13.5. The first kappa shape index (κ1) is 15.4. The quantitative estimate of drug-likeness (QED) is 0.671. The molecule has 0 bridgehead atoms. The minimum absolute atomic E-state index is 0.822. The van der Waals surface area contributed by atoms with Crippen LogP contribution in [0.4, 0.5) is 0 Å². The van der Waals surface area contributed by atoms with Crippen LogP contribution in [-0.4, -0.2) is 12.6 Å². The Morgan fingerprint density at radius 2 is 1.84 bits per heavy atom. The minimum atomic E-state index is 0.822. The van der Waals surface area contributed by atoms with Gasteiger partial charge in [-0.2, -0.15) is 0 Å². The van der Waals surface area contributed by atoms with Gasteiger partial charge in [0.15, 0.2) is 0 Å². The lowest BCUT2D eigenvalue weighted by Gasteiger charge is -2.34. The molecule has 0 aliphatic heterocycles. The van der Waals surface area contributed by atoms with Gasteiger partial charge in [-0.25, -0.2) is 0 Å². The topological polar surface area (TPSA) is 12.0 Å². The summed E-state index contributed by atoms with van der Waals surface area (Å²) in [6.45, 7) is 5.98. The molecule has 0 amide bonds. The lowest BCUT2D eigenvalue weighted by atomic mass is 9.77. The maximum atomic E-state index is 3.88. The summed E-state index contributed by atoms with van der Waals surface area (Å²) < 4.78 is 0. The second-order valence-corrected chi connectivity index (χ2v) is 7.32.